The maximum absolute atomic E-state index is 3.20. The molecule has 0 saturated heterocycles. The number of rotatable bonds is 0. The molecule has 0 atom stereocenters. The molecule has 1 aromatic heterocycles. The van der Waals surface area contributed by atoms with E-state index in [1.807, 2.05) is 12.1 Å². The summed E-state index contributed by atoms with van der Waals surface area (Å²) in [7, 11) is 2.06. The predicted octanol–water partition coefficient (Wildman–Crippen LogP) is 2.29. The van der Waals surface area contributed by atoms with Crippen LogP contribution in [0.4, 0.5) is 0 Å². The van der Waals surface area contributed by atoms with Crippen LogP contribution in [0.25, 0.3) is 10.9 Å². The summed E-state index contributed by atoms with van der Waals surface area (Å²) in [5, 5.41) is 1.27. The van der Waals surface area contributed by atoms with E-state index in [0.29, 0.717) is 0 Å². The fourth-order valence-corrected chi connectivity index (χ4v) is 1.35. The van der Waals surface area contributed by atoms with Gasteiger partial charge in [-0.2, -0.15) is 0 Å². The van der Waals surface area contributed by atoms with Crippen LogP contribution in [0.5, 0.6) is 0 Å². The van der Waals surface area contributed by atoms with Crippen LogP contribution in [-0.4, -0.2) is 4.57 Å². The van der Waals surface area contributed by atoms with Gasteiger partial charge in [0.1, 0.15) is 0 Å². The van der Waals surface area contributed by atoms with Crippen LogP contribution in [0.15, 0.2) is 24.3 Å². The normalized spacial score (nSPS) is 10.7. The van der Waals surface area contributed by atoms with Gasteiger partial charge in [0.25, 0.3) is 0 Å². The third-order valence-electron chi connectivity index (χ3n) is 2.09. The lowest BCUT2D eigenvalue weighted by molar-refractivity contribution is 0.917. The third kappa shape index (κ3) is 0.845. The van der Waals surface area contributed by atoms with Gasteiger partial charge in [0.15, 0.2) is 0 Å². The van der Waals surface area contributed by atoms with Crippen molar-refractivity contribution in [3.8, 4) is 0 Å². The molecule has 1 radical (unpaired) electrons. The topological polar surface area (TPSA) is 4.93 Å². The van der Waals surface area contributed by atoms with Crippen molar-refractivity contribution in [3.63, 3.8) is 0 Å². The highest BCUT2D eigenvalue weighted by atomic mass is 14.9. The van der Waals surface area contributed by atoms with Gasteiger partial charge in [0, 0.05) is 24.2 Å². The Morgan fingerprint density at radius 3 is 3.00 bits per heavy atom. The first kappa shape index (κ1) is 6.47. The van der Waals surface area contributed by atoms with Gasteiger partial charge in [-0.05, 0) is 13.0 Å². The van der Waals surface area contributed by atoms with Gasteiger partial charge in [-0.1, -0.05) is 18.2 Å². The van der Waals surface area contributed by atoms with Crippen LogP contribution in [0.2, 0.25) is 0 Å². The maximum atomic E-state index is 3.20. The lowest BCUT2D eigenvalue weighted by Gasteiger charge is -1.95. The molecule has 0 aliphatic carbocycles. The second kappa shape index (κ2) is 2.12. The number of hydrogen-bond donors (Lipinski definition) is 0. The van der Waals surface area contributed by atoms with E-state index in [-0.39, 0.29) is 0 Å². The highest BCUT2D eigenvalue weighted by Gasteiger charge is 1.98. The van der Waals surface area contributed by atoms with E-state index < -0.39 is 0 Å². The SMILES string of the molecule is Cc1cc2ccc[c]c2n1C. The summed E-state index contributed by atoms with van der Waals surface area (Å²) in [5.41, 5.74) is 2.47. The van der Waals surface area contributed by atoms with Crippen molar-refractivity contribution in [1.29, 1.82) is 0 Å². The molecular formula is C10H10N. The smallest absolute Gasteiger partial charge is 0.0560 e. The number of aromatic nitrogens is 1. The Bertz CT molecular complexity index is 385. The fraction of sp³-hybridized carbons (Fsp3) is 0.200. The van der Waals surface area contributed by atoms with Crippen molar-refractivity contribution in [1.82, 2.24) is 4.57 Å². The van der Waals surface area contributed by atoms with E-state index in [0.717, 1.165) is 0 Å². The molecule has 11 heavy (non-hydrogen) atoms. The van der Waals surface area contributed by atoms with E-state index >= 15 is 0 Å². The van der Waals surface area contributed by atoms with Crippen molar-refractivity contribution < 1.29 is 0 Å². The number of hydrogen-bond acceptors (Lipinski definition) is 0. The Morgan fingerprint density at radius 1 is 1.45 bits per heavy atom. The molecule has 0 aliphatic heterocycles. The monoisotopic (exact) mass is 144 g/mol. The molecule has 0 unspecified atom stereocenters. The number of para-hydroxylation sites is 1. The van der Waals surface area contributed by atoms with Gasteiger partial charge >= 0.3 is 0 Å². The molecule has 2 aromatic rings. The number of benzene rings is 1. The molecule has 1 heteroatoms. The molecular weight excluding hydrogens is 134 g/mol. The molecule has 0 amide bonds. The first-order valence-corrected chi connectivity index (χ1v) is 3.72. The van der Waals surface area contributed by atoms with E-state index in [1.165, 1.54) is 16.6 Å². The summed E-state index contributed by atoms with van der Waals surface area (Å²) in [4.78, 5) is 0. The minimum absolute atomic E-state index is 1.19. The number of nitrogens with zero attached hydrogens (tertiary/aromatic N) is 1. The van der Waals surface area contributed by atoms with Crippen LogP contribution >= 0.6 is 0 Å². The fourth-order valence-electron chi connectivity index (χ4n) is 1.35. The van der Waals surface area contributed by atoms with Gasteiger partial charge in [-0.3, -0.25) is 0 Å². The molecule has 55 valence electrons. The average molecular weight is 144 g/mol. The average Bonchev–Trinajstić information content (AvgIpc) is 2.30. The van der Waals surface area contributed by atoms with Gasteiger partial charge < -0.3 is 4.57 Å². The van der Waals surface area contributed by atoms with Crippen LogP contribution in [-0.2, 0) is 7.05 Å². The maximum Gasteiger partial charge on any atom is 0.0560 e. The van der Waals surface area contributed by atoms with Crippen molar-refractivity contribution in [2.75, 3.05) is 0 Å². The van der Waals surface area contributed by atoms with Gasteiger partial charge in [0.2, 0.25) is 0 Å². The lowest BCUT2D eigenvalue weighted by atomic mass is 10.2. The second-order valence-electron chi connectivity index (χ2n) is 2.82. The zero-order chi connectivity index (χ0) is 7.84. The summed E-state index contributed by atoms with van der Waals surface area (Å²) < 4.78 is 2.15. The predicted molar refractivity (Wildman–Crippen MR) is 46.5 cm³/mol. The zero-order valence-electron chi connectivity index (χ0n) is 6.76. The molecule has 1 nitrogen and oxygen atoms in total. The highest BCUT2D eigenvalue weighted by molar-refractivity contribution is 5.80. The summed E-state index contributed by atoms with van der Waals surface area (Å²) in [6, 6.07) is 11.4. The van der Waals surface area contributed by atoms with Gasteiger partial charge in [-0.15, -0.1) is 0 Å². The number of fused-ring (bicyclic) bond motifs is 1. The summed E-state index contributed by atoms with van der Waals surface area (Å²) in [6.45, 7) is 2.10. The van der Waals surface area contributed by atoms with Crippen LogP contribution in [0.3, 0.4) is 0 Å². The van der Waals surface area contributed by atoms with E-state index in [1.54, 1.807) is 0 Å². The Labute approximate surface area is 66.3 Å². The van der Waals surface area contributed by atoms with Crippen molar-refractivity contribution >= 4 is 10.9 Å². The van der Waals surface area contributed by atoms with Gasteiger partial charge in [0.05, 0.1) is 5.52 Å². The Balaban J connectivity index is 2.92. The molecule has 0 saturated carbocycles. The Hall–Kier alpha value is -1.24. The van der Waals surface area contributed by atoms with Crippen molar-refractivity contribution in [3.05, 3.63) is 36.0 Å². The minimum Gasteiger partial charge on any atom is -0.347 e. The van der Waals surface area contributed by atoms with E-state index in [9.17, 15) is 0 Å². The highest BCUT2D eigenvalue weighted by Crippen LogP contribution is 2.16. The number of aryl methyl sites for hydroxylation is 2. The van der Waals surface area contributed by atoms with Crippen molar-refractivity contribution in [2.24, 2.45) is 7.05 Å². The molecule has 0 fully saturated rings. The molecule has 0 bridgehead atoms. The zero-order valence-corrected chi connectivity index (χ0v) is 6.76. The standard InChI is InChI=1S/C10H10N/c1-8-7-9-5-3-4-6-10(9)11(8)2/h3-5,7H,1-2H3. The summed E-state index contributed by atoms with van der Waals surface area (Å²) in [5.74, 6) is 0. The largest absolute Gasteiger partial charge is 0.347 e. The van der Waals surface area contributed by atoms with Crippen molar-refractivity contribution in [2.45, 2.75) is 6.92 Å². The van der Waals surface area contributed by atoms with Crippen LogP contribution < -0.4 is 0 Å². The van der Waals surface area contributed by atoms with E-state index in [2.05, 4.69) is 36.7 Å². The lowest BCUT2D eigenvalue weighted by Crippen LogP contribution is -1.88. The molecule has 0 spiro atoms. The quantitative estimate of drug-likeness (QED) is 0.534. The summed E-state index contributed by atoms with van der Waals surface area (Å²) in [6.07, 6.45) is 0. The molecule has 2 rings (SSSR count). The van der Waals surface area contributed by atoms with Crippen LogP contribution in [0.1, 0.15) is 5.69 Å². The minimum atomic E-state index is 1.19. The Kier molecular flexibility index (Phi) is 1.25. The molecule has 0 aliphatic rings. The van der Waals surface area contributed by atoms with Gasteiger partial charge in [-0.25, -0.2) is 0 Å². The molecule has 1 heterocycles. The molecule has 0 N–H and O–H groups in total. The first-order valence-electron chi connectivity index (χ1n) is 3.72. The van der Waals surface area contributed by atoms with Crippen LogP contribution in [0, 0.1) is 13.0 Å². The van der Waals surface area contributed by atoms with E-state index in [4.69, 9.17) is 0 Å². The third-order valence-corrected chi connectivity index (χ3v) is 2.09. The molecule has 1 aromatic carbocycles. The summed E-state index contributed by atoms with van der Waals surface area (Å²) >= 11 is 0. The first-order chi connectivity index (χ1) is 5.29. The second-order valence-corrected chi connectivity index (χ2v) is 2.82. The Morgan fingerprint density at radius 2 is 2.27 bits per heavy atom.